The van der Waals surface area contributed by atoms with Gasteiger partial charge in [-0.05, 0) is 58.5 Å². The molecule has 1 amide bonds. The van der Waals surface area contributed by atoms with Crippen molar-refractivity contribution in [3.63, 3.8) is 0 Å². The second-order valence-electron chi connectivity index (χ2n) is 8.69. The van der Waals surface area contributed by atoms with Gasteiger partial charge < -0.3 is 14.4 Å². The van der Waals surface area contributed by atoms with E-state index in [0.29, 0.717) is 29.8 Å². The monoisotopic (exact) mass is 479 g/mol. The highest BCUT2D eigenvalue weighted by atomic mass is 32.2. The molecule has 178 valence electrons. The average molecular weight is 480 g/mol. The molecule has 0 bridgehead atoms. The SMILES string of the molecule is COc1cc2c(cc1OC)[C@H](c1ccccc1)N(C(=O)CSc1nnnn1C1CCCC1)CC2. The second kappa shape index (κ2) is 10.0. The number of carbonyl (C=O) groups excluding carboxylic acids is 1. The van der Waals surface area contributed by atoms with Gasteiger partial charge in [0.2, 0.25) is 11.1 Å². The minimum absolute atomic E-state index is 0.0697. The molecular formula is C25H29N5O3S. The minimum atomic E-state index is -0.191. The van der Waals surface area contributed by atoms with Crippen molar-refractivity contribution in [1.82, 2.24) is 25.1 Å². The highest BCUT2D eigenvalue weighted by Gasteiger charge is 2.33. The van der Waals surface area contributed by atoms with Gasteiger partial charge in [-0.1, -0.05) is 54.9 Å². The molecule has 5 rings (SSSR count). The van der Waals surface area contributed by atoms with Gasteiger partial charge in [0, 0.05) is 6.54 Å². The summed E-state index contributed by atoms with van der Waals surface area (Å²) in [5, 5.41) is 13.0. The summed E-state index contributed by atoms with van der Waals surface area (Å²) in [5.74, 6) is 1.74. The largest absolute Gasteiger partial charge is 0.493 e. The van der Waals surface area contributed by atoms with Crippen LogP contribution in [-0.2, 0) is 11.2 Å². The highest BCUT2D eigenvalue weighted by Crippen LogP contribution is 2.41. The van der Waals surface area contributed by atoms with Gasteiger partial charge in [0.15, 0.2) is 11.5 Å². The predicted molar refractivity (Wildman–Crippen MR) is 129 cm³/mol. The first kappa shape index (κ1) is 22.7. The normalized spacial score (nSPS) is 18.1. The molecule has 2 aromatic carbocycles. The molecule has 2 heterocycles. The topological polar surface area (TPSA) is 82.4 Å². The van der Waals surface area contributed by atoms with E-state index in [1.807, 2.05) is 39.9 Å². The Morgan fingerprint density at radius 1 is 1.09 bits per heavy atom. The molecule has 2 aliphatic rings. The fourth-order valence-corrected chi connectivity index (χ4v) is 5.91. The van der Waals surface area contributed by atoms with E-state index in [4.69, 9.17) is 9.47 Å². The molecule has 1 aliphatic carbocycles. The molecule has 9 heteroatoms. The zero-order valence-corrected chi connectivity index (χ0v) is 20.3. The van der Waals surface area contributed by atoms with Crippen LogP contribution in [0.3, 0.4) is 0 Å². The Morgan fingerprint density at radius 2 is 1.82 bits per heavy atom. The lowest BCUT2D eigenvalue weighted by atomic mass is 9.87. The Morgan fingerprint density at radius 3 is 2.56 bits per heavy atom. The number of aromatic nitrogens is 4. The zero-order valence-electron chi connectivity index (χ0n) is 19.5. The number of nitrogens with zero attached hydrogens (tertiary/aromatic N) is 5. The number of carbonyl (C=O) groups is 1. The number of benzene rings is 2. The molecule has 1 aliphatic heterocycles. The molecule has 0 radical (unpaired) electrons. The molecule has 8 nitrogen and oxygen atoms in total. The number of hydrogen-bond donors (Lipinski definition) is 0. The van der Waals surface area contributed by atoms with E-state index in [9.17, 15) is 4.79 Å². The lowest BCUT2D eigenvalue weighted by molar-refractivity contribution is -0.130. The van der Waals surface area contributed by atoms with Crippen LogP contribution in [0.25, 0.3) is 0 Å². The fourth-order valence-electron chi connectivity index (χ4n) is 5.08. The average Bonchev–Trinajstić information content (AvgIpc) is 3.58. The van der Waals surface area contributed by atoms with Crippen molar-refractivity contribution in [3.05, 3.63) is 59.2 Å². The number of methoxy groups -OCH3 is 2. The van der Waals surface area contributed by atoms with Crippen molar-refractivity contribution in [1.29, 1.82) is 0 Å². The molecule has 0 saturated heterocycles. The van der Waals surface area contributed by atoms with Crippen molar-refractivity contribution >= 4 is 17.7 Å². The number of tetrazole rings is 1. The number of thioether (sulfide) groups is 1. The summed E-state index contributed by atoms with van der Waals surface area (Å²) in [6, 6.07) is 14.4. The Labute approximate surface area is 203 Å². The van der Waals surface area contributed by atoms with Crippen molar-refractivity contribution in [2.45, 2.75) is 49.3 Å². The summed E-state index contributed by atoms with van der Waals surface area (Å²) >= 11 is 1.43. The van der Waals surface area contributed by atoms with Gasteiger partial charge in [-0.2, -0.15) is 0 Å². The lowest BCUT2D eigenvalue weighted by Gasteiger charge is -2.38. The van der Waals surface area contributed by atoms with Crippen LogP contribution in [0.4, 0.5) is 0 Å². The number of fused-ring (bicyclic) bond motifs is 1. The van der Waals surface area contributed by atoms with Gasteiger partial charge in [-0.15, -0.1) is 5.10 Å². The van der Waals surface area contributed by atoms with Crippen LogP contribution < -0.4 is 9.47 Å². The molecule has 0 unspecified atom stereocenters. The fraction of sp³-hybridized carbons (Fsp3) is 0.440. The number of rotatable bonds is 7. The Hall–Kier alpha value is -3.07. The zero-order chi connectivity index (χ0) is 23.5. The summed E-state index contributed by atoms with van der Waals surface area (Å²) < 4.78 is 13.0. The first-order chi connectivity index (χ1) is 16.7. The van der Waals surface area contributed by atoms with Crippen LogP contribution >= 0.6 is 11.8 Å². The predicted octanol–water partition coefficient (Wildman–Crippen LogP) is 4.07. The lowest BCUT2D eigenvalue weighted by Crippen LogP contribution is -2.41. The van der Waals surface area contributed by atoms with Gasteiger partial charge in [0.05, 0.1) is 32.1 Å². The molecule has 1 aromatic heterocycles. The van der Waals surface area contributed by atoms with Gasteiger partial charge in [-0.25, -0.2) is 4.68 Å². The smallest absolute Gasteiger partial charge is 0.233 e. The van der Waals surface area contributed by atoms with Crippen LogP contribution in [0.15, 0.2) is 47.6 Å². The van der Waals surface area contributed by atoms with Crippen LogP contribution in [0, 0.1) is 0 Å². The van der Waals surface area contributed by atoms with Crippen molar-refractivity contribution in [3.8, 4) is 11.5 Å². The van der Waals surface area contributed by atoms with E-state index < -0.39 is 0 Å². The van der Waals surface area contributed by atoms with E-state index in [1.54, 1.807) is 14.2 Å². The molecule has 0 N–H and O–H groups in total. The quantitative estimate of drug-likeness (QED) is 0.473. The Kier molecular flexibility index (Phi) is 6.71. The first-order valence-corrected chi connectivity index (χ1v) is 12.7. The molecular weight excluding hydrogens is 450 g/mol. The van der Waals surface area contributed by atoms with Crippen LogP contribution in [0.2, 0.25) is 0 Å². The summed E-state index contributed by atoms with van der Waals surface area (Å²) in [6.45, 7) is 0.634. The molecule has 1 atom stereocenters. The molecule has 3 aromatic rings. The maximum absolute atomic E-state index is 13.6. The Bertz CT molecular complexity index is 1150. The van der Waals surface area contributed by atoms with Crippen molar-refractivity contribution in [2.75, 3.05) is 26.5 Å². The molecule has 1 fully saturated rings. The van der Waals surface area contributed by atoms with E-state index in [1.165, 1.54) is 30.2 Å². The minimum Gasteiger partial charge on any atom is -0.493 e. The van der Waals surface area contributed by atoms with Gasteiger partial charge in [0.25, 0.3) is 0 Å². The summed E-state index contributed by atoms with van der Waals surface area (Å²) in [7, 11) is 3.28. The van der Waals surface area contributed by atoms with Gasteiger partial charge >= 0.3 is 0 Å². The van der Waals surface area contributed by atoms with Crippen molar-refractivity contribution in [2.24, 2.45) is 0 Å². The van der Waals surface area contributed by atoms with E-state index in [0.717, 1.165) is 35.5 Å². The molecule has 1 saturated carbocycles. The Balaban J connectivity index is 1.42. The maximum atomic E-state index is 13.6. The van der Waals surface area contributed by atoms with Crippen LogP contribution in [0.1, 0.15) is 54.5 Å². The summed E-state index contributed by atoms with van der Waals surface area (Å²) in [6.07, 6.45) is 5.35. The standard InChI is InChI=1S/C25H29N5O3S/c1-32-21-14-18-12-13-29(24(17-8-4-3-5-9-17)20(18)15-22(21)33-2)23(31)16-34-25-26-27-28-30(25)19-10-6-7-11-19/h3-5,8-9,14-15,19,24H,6-7,10-13,16H2,1-2H3/t24-/m0/s1. The summed E-state index contributed by atoms with van der Waals surface area (Å²) in [4.78, 5) is 15.5. The number of amides is 1. The highest BCUT2D eigenvalue weighted by molar-refractivity contribution is 7.99. The second-order valence-corrected chi connectivity index (χ2v) is 9.63. The van der Waals surface area contributed by atoms with E-state index in [2.05, 4.69) is 27.7 Å². The van der Waals surface area contributed by atoms with Crippen molar-refractivity contribution < 1.29 is 14.3 Å². The maximum Gasteiger partial charge on any atom is 0.233 e. The van der Waals surface area contributed by atoms with Crippen LogP contribution in [0.5, 0.6) is 11.5 Å². The molecule has 0 spiro atoms. The third-order valence-corrected chi connectivity index (χ3v) is 7.69. The number of ether oxygens (including phenoxy) is 2. The van der Waals surface area contributed by atoms with E-state index in [-0.39, 0.29) is 11.9 Å². The van der Waals surface area contributed by atoms with Crippen LogP contribution in [-0.4, -0.2) is 57.5 Å². The van der Waals surface area contributed by atoms with Gasteiger partial charge in [0.1, 0.15) is 0 Å². The first-order valence-electron chi connectivity index (χ1n) is 11.7. The van der Waals surface area contributed by atoms with Gasteiger partial charge in [-0.3, -0.25) is 4.79 Å². The van der Waals surface area contributed by atoms with E-state index >= 15 is 0 Å². The number of hydrogen-bond acceptors (Lipinski definition) is 7. The third-order valence-electron chi connectivity index (χ3n) is 6.77. The molecule has 34 heavy (non-hydrogen) atoms. The summed E-state index contributed by atoms with van der Waals surface area (Å²) in [5.41, 5.74) is 3.32. The third kappa shape index (κ3) is 4.36.